The molecule has 1 aromatic rings. The zero-order valence-corrected chi connectivity index (χ0v) is 14.1. The van der Waals surface area contributed by atoms with Crippen molar-refractivity contribution in [3.63, 3.8) is 0 Å². The zero-order valence-electron chi connectivity index (χ0n) is 12.6. The summed E-state index contributed by atoms with van der Waals surface area (Å²) in [4.78, 5) is 15.7. The largest absolute Gasteiger partial charge is 0.377 e. The predicted octanol–water partition coefficient (Wildman–Crippen LogP) is 2.50. The third kappa shape index (κ3) is 2.05. The van der Waals surface area contributed by atoms with Gasteiger partial charge in [0.25, 0.3) is 0 Å². The van der Waals surface area contributed by atoms with E-state index < -0.39 is 5.54 Å². The van der Waals surface area contributed by atoms with Crippen LogP contribution >= 0.6 is 22.9 Å². The second-order valence-electron chi connectivity index (χ2n) is 6.64. The number of nitrogens with zero attached hydrogens (tertiary/aromatic N) is 1. The molecule has 3 rings (SSSR count). The van der Waals surface area contributed by atoms with Gasteiger partial charge in [-0.05, 0) is 18.6 Å². The van der Waals surface area contributed by atoms with Crippen LogP contribution in [-0.4, -0.2) is 36.1 Å². The minimum absolute atomic E-state index is 0.00349. The predicted molar refractivity (Wildman–Crippen MR) is 84.3 cm³/mol. The minimum atomic E-state index is -0.829. The Morgan fingerprint density at radius 3 is 2.90 bits per heavy atom. The number of hydrogen-bond acceptors (Lipinski definition) is 4. The lowest BCUT2D eigenvalue weighted by atomic mass is 9.47. The fourth-order valence-corrected chi connectivity index (χ4v) is 5.02. The summed E-state index contributed by atoms with van der Waals surface area (Å²) >= 11 is 7.44. The number of halogens is 1. The standard InChI is InChI=1S/C15H21ClN2O2S/c1-14(2)12-10(6-7-20-12)15(14,17)13(19)18(3)8-9-4-5-11(16)21-9/h4-5,10,12H,6-8,17H2,1-3H3. The molecule has 116 valence electrons. The molecule has 1 aliphatic heterocycles. The summed E-state index contributed by atoms with van der Waals surface area (Å²) < 4.78 is 6.49. The summed E-state index contributed by atoms with van der Waals surface area (Å²) in [6, 6.07) is 3.81. The van der Waals surface area contributed by atoms with Gasteiger partial charge in [0.1, 0.15) is 5.54 Å². The molecule has 1 saturated carbocycles. The first kappa shape index (κ1) is 15.3. The van der Waals surface area contributed by atoms with Crippen molar-refractivity contribution in [2.45, 2.75) is 38.5 Å². The van der Waals surface area contributed by atoms with Crippen LogP contribution in [0.3, 0.4) is 0 Å². The topological polar surface area (TPSA) is 55.6 Å². The second kappa shape index (κ2) is 4.95. The molecule has 3 atom stereocenters. The SMILES string of the molecule is CN(Cc1ccc(Cl)s1)C(=O)C1(N)C2CCOC2C1(C)C. The Balaban J connectivity index is 1.77. The first-order valence-corrected chi connectivity index (χ1v) is 8.38. The Morgan fingerprint density at radius 1 is 1.57 bits per heavy atom. The molecule has 1 aromatic heterocycles. The summed E-state index contributed by atoms with van der Waals surface area (Å²) in [5.74, 6) is 0.137. The lowest BCUT2D eigenvalue weighted by Gasteiger charge is -2.61. The van der Waals surface area contributed by atoms with Crippen LogP contribution in [0.5, 0.6) is 0 Å². The average Bonchev–Trinajstić information content (AvgIpc) is 3.05. The average molecular weight is 329 g/mol. The summed E-state index contributed by atoms with van der Waals surface area (Å²) in [5.41, 5.74) is 5.42. The van der Waals surface area contributed by atoms with Gasteiger partial charge in [-0.1, -0.05) is 25.4 Å². The van der Waals surface area contributed by atoms with E-state index in [1.807, 2.05) is 33.0 Å². The number of carbonyl (C=O) groups is 1. The second-order valence-corrected chi connectivity index (χ2v) is 8.44. The van der Waals surface area contributed by atoms with Crippen molar-refractivity contribution >= 4 is 28.8 Å². The number of ether oxygens (including phenoxy) is 1. The quantitative estimate of drug-likeness (QED) is 0.927. The molecule has 4 nitrogen and oxygen atoms in total. The zero-order chi connectivity index (χ0) is 15.4. The molecule has 1 amide bonds. The molecule has 0 spiro atoms. The van der Waals surface area contributed by atoms with Crippen LogP contribution in [0.2, 0.25) is 4.34 Å². The number of fused-ring (bicyclic) bond motifs is 1. The molecule has 2 aliphatic rings. The smallest absolute Gasteiger partial charge is 0.243 e. The van der Waals surface area contributed by atoms with Crippen molar-refractivity contribution in [1.29, 1.82) is 0 Å². The molecule has 1 aliphatic carbocycles. The van der Waals surface area contributed by atoms with E-state index in [0.717, 1.165) is 15.6 Å². The summed E-state index contributed by atoms with van der Waals surface area (Å²) in [6.45, 7) is 5.32. The van der Waals surface area contributed by atoms with Gasteiger partial charge in [0.15, 0.2) is 0 Å². The lowest BCUT2D eigenvalue weighted by molar-refractivity contribution is -0.183. The highest BCUT2D eigenvalue weighted by molar-refractivity contribution is 7.16. The number of amides is 1. The summed E-state index contributed by atoms with van der Waals surface area (Å²) in [6.07, 6.45) is 0.977. The highest BCUT2D eigenvalue weighted by Gasteiger charge is 2.71. The third-order valence-electron chi connectivity index (χ3n) is 5.18. The maximum Gasteiger partial charge on any atom is 0.243 e. The van der Waals surface area contributed by atoms with E-state index in [0.29, 0.717) is 13.2 Å². The molecule has 0 aromatic carbocycles. The number of likely N-dealkylation sites (N-methyl/N-ethyl adjacent to an activating group) is 1. The van der Waals surface area contributed by atoms with Gasteiger partial charge in [0, 0.05) is 29.9 Å². The van der Waals surface area contributed by atoms with Gasteiger partial charge < -0.3 is 15.4 Å². The summed E-state index contributed by atoms with van der Waals surface area (Å²) in [5, 5.41) is 0. The molecule has 2 fully saturated rings. The van der Waals surface area contributed by atoms with Crippen molar-refractivity contribution in [3.8, 4) is 0 Å². The fraction of sp³-hybridized carbons (Fsp3) is 0.667. The Kier molecular flexibility index (Phi) is 3.60. The molecule has 0 bridgehead atoms. The molecule has 3 unspecified atom stereocenters. The normalized spacial score (nSPS) is 33.4. The van der Waals surface area contributed by atoms with Crippen LogP contribution < -0.4 is 5.73 Å². The van der Waals surface area contributed by atoms with E-state index >= 15 is 0 Å². The van der Waals surface area contributed by atoms with Gasteiger partial charge in [-0.15, -0.1) is 11.3 Å². The van der Waals surface area contributed by atoms with E-state index in [9.17, 15) is 4.79 Å². The molecular formula is C15H21ClN2O2S. The number of nitrogens with two attached hydrogens (primary N) is 1. The highest BCUT2D eigenvalue weighted by Crippen LogP contribution is 2.58. The third-order valence-corrected chi connectivity index (χ3v) is 6.39. The van der Waals surface area contributed by atoms with Crippen molar-refractivity contribution in [2.75, 3.05) is 13.7 Å². The van der Waals surface area contributed by atoms with Gasteiger partial charge in [-0.3, -0.25) is 4.79 Å². The lowest BCUT2D eigenvalue weighted by Crippen LogP contribution is -2.80. The fourth-order valence-electron chi connectivity index (χ4n) is 3.88. The van der Waals surface area contributed by atoms with E-state index in [-0.39, 0.29) is 23.3 Å². The van der Waals surface area contributed by atoms with Crippen molar-refractivity contribution in [3.05, 3.63) is 21.3 Å². The van der Waals surface area contributed by atoms with Gasteiger partial charge in [0.05, 0.1) is 17.0 Å². The van der Waals surface area contributed by atoms with Crippen LogP contribution in [0.4, 0.5) is 0 Å². The van der Waals surface area contributed by atoms with Crippen LogP contribution in [0.15, 0.2) is 12.1 Å². The molecule has 6 heteroatoms. The number of hydrogen-bond donors (Lipinski definition) is 1. The van der Waals surface area contributed by atoms with E-state index in [1.54, 1.807) is 4.90 Å². The van der Waals surface area contributed by atoms with E-state index in [1.165, 1.54) is 11.3 Å². The van der Waals surface area contributed by atoms with Crippen LogP contribution in [0.25, 0.3) is 0 Å². The molecular weight excluding hydrogens is 308 g/mol. The van der Waals surface area contributed by atoms with E-state index in [4.69, 9.17) is 22.1 Å². The van der Waals surface area contributed by atoms with Crippen molar-refractivity contribution < 1.29 is 9.53 Å². The first-order chi connectivity index (χ1) is 9.78. The maximum atomic E-state index is 12.9. The first-order valence-electron chi connectivity index (χ1n) is 7.18. The monoisotopic (exact) mass is 328 g/mol. The van der Waals surface area contributed by atoms with Crippen LogP contribution in [-0.2, 0) is 16.1 Å². The Morgan fingerprint density at radius 2 is 2.29 bits per heavy atom. The number of carbonyl (C=O) groups excluding carboxylic acids is 1. The Labute approximate surface area is 134 Å². The number of thiophene rings is 1. The van der Waals surface area contributed by atoms with Crippen molar-refractivity contribution in [1.82, 2.24) is 4.90 Å². The van der Waals surface area contributed by atoms with Crippen molar-refractivity contribution in [2.24, 2.45) is 17.1 Å². The molecule has 2 N–H and O–H groups in total. The molecule has 2 heterocycles. The number of rotatable bonds is 3. The maximum absolute atomic E-state index is 12.9. The molecule has 0 radical (unpaired) electrons. The molecule has 1 saturated heterocycles. The van der Waals surface area contributed by atoms with Gasteiger partial charge in [-0.2, -0.15) is 0 Å². The molecule has 21 heavy (non-hydrogen) atoms. The van der Waals surface area contributed by atoms with Crippen LogP contribution in [0, 0.1) is 11.3 Å². The Bertz CT molecular complexity index is 574. The Hall–Kier alpha value is -0.620. The van der Waals surface area contributed by atoms with Crippen LogP contribution in [0.1, 0.15) is 25.1 Å². The van der Waals surface area contributed by atoms with Gasteiger partial charge >= 0.3 is 0 Å². The summed E-state index contributed by atoms with van der Waals surface area (Å²) in [7, 11) is 1.81. The minimum Gasteiger partial charge on any atom is -0.377 e. The van der Waals surface area contributed by atoms with E-state index in [2.05, 4.69) is 0 Å². The highest BCUT2D eigenvalue weighted by atomic mass is 35.5. The van der Waals surface area contributed by atoms with Gasteiger partial charge in [0.2, 0.25) is 5.91 Å². The van der Waals surface area contributed by atoms with Gasteiger partial charge in [-0.25, -0.2) is 0 Å².